The first kappa shape index (κ1) is 22.0. The smallest absolute Gasteiger partial charge is 0.239 e. The molecule has 7 heteroatoms. The largest absolute Gasteiger partial charge is 0.351 e. The maximum Gasteiger partial charge on any atom is 0.239 e. The average Bonchev–Trinajstić information content (AvgIpc) is 3.07. The zero-order valence-corrected chi connectivity index (χ0v) is 18.7. The monoisotopic (exact) mass is 471 g/mol. The van der Waals surface area contributed by atoms with Crippen LogP contribution in [0.5, 0.6) is 0 Å². The molecule has 1 aliphatic rings. The van der Waals surface area contributed by atoms with Gasteiger partial charge in [-0.15, -0.1) is 0 Å². The summed E-state index contributed by atoms with van der Waals surface area (Å²) in [6.07, 6.45) is 0.946. The molecule has 2 aromatic rings. The number of hydrogen-bond donors (Lipinski definition) is 2. The van der Waals surface area contributed by atoms with Gasteiger partial charge in [0.15, 0.2) is 0 Å². The lowest BCUT2D eigenvalue weighted by Crippen LogP contribution is -2.36. The Morgan fingerprint density at radius 3 is 2.67 bits per heavy atom. The van der Waals surface area contributed by atoms with Crippen molar-refractivity contribution >= 4 is 45.0 Å². The van der Waals surface area contributed by atoms with E-state index in [4.69, 9.17) is 0 Å². The van der Waals surface area contributed by atoms with Crippen LogP contribution in [0.4, 0.5) is 11.4 Å². The maximum absolute atomic E-state index is 12.7. The Kier molecular flexibility index (Phi) is 7.26. The Morgan fingerprint density at radius 2 is 1.93 bits per heavy atom. The van der Waals surface area contributed by atoms with Gasteiger partial charge in [0, 0.05) is 35.4 Å². The number of rotatable bonds is 7. The van der Waals surface area contributed by atoms with Crippen molar-refractivity contribution in [3.8, 4) is 0 Å². The summed E-state index contributed by atoms with van der Waals surface area (Å²) < 4.78 is 0.890. The van der Waals surface area contributed by atoms with E-state index in [1.54, 1.807) is 4.90 Å². The molecule has 1 fully saturated rings. The molecule has 0 aromatic heterocycles. The van der Waals surface area contributed by atoms with Crippen LogP contribution in [0.15, 0.2) is 53.0 Å². The summed E-state index contributed by atoms with van der Waals surface area (Å²) in [6.45, 7) is 4.80. The Balaban J connectivity index is 1.56. The Bertz CT molecular complexity index is 945. The van der Waals surface area contributed by atoms with Gasteiger partial charge in [0.25, 0.3) is 0 Å². The third-order valence-corrected chi connectivity index (χ3v) is 5.41. The highest BCUT2D eigenvalue weighted by atomic mass is 79.9. The summed E-state index contributed by atoms with van der Waals surface area (Å²) in [4.78, 5) is 39.0. The predicted octanol–water partition coefficient (Wildman–Crippen LogP) is 4.10. The van der Waals surface area contributed by atoms with Crippen molar-refractivity contribution in [2.75, 3.05) is 16.8 Å². The van der Waals surface area contributed by atoms with Crippen LogP contribution < -0.4 is 15.5 Å². The topological polar surface area (TPSA) is 78.5 Å². The van der Waals surface area contributed by atoms with Gasteiger partial charge < -0.3 is 15.5 Å². The third kappa shape index (κ3) is 5.69. The van der Waals surface area contributed by atoms with Crippen LogP contribution in [0.25, 0.3) is 0 Å². The molecular formula is C23H26BrN3O3. The number of carbonyl (C=O) groups excluding carboxylic acids is 3. The SMILES string of the molecule is CC(C)CC(=O)Nc1cccc(CNC(=O)C2CCN(c3cccc(Br)c3)C2=O)c1. The molecular weight excluding hydrogens is 446 g/mol. The van der Waals surface area contributed by atoms with Crippen LogP contribution >= 0.6 is 15.9 Å². The van der Waals surface area contributed by atoms with Crippen molar-refractivity contribution in [3.63, 3.8) is 0 Å². The molecule has 2 N–H and O–H groups in total. The lowest BCUT2D eigenvalue weighted by molar-refractivity contribution is -0.132. The predicted molar refractivity (Wildman–Crippen MR) is 121 cm³/mol. The van der Waals surface area contributed by atoms with Crippen molar-refractivity contribution in [2.45, 2.75) is 33.2 Å². The fraction of sp³-hybridized carbons (Fsp3) is 0.348. The molecule has 0 spiro atoms. The van der Waals surface area contributed by atoms with E-state index < -0.39 is 5.92 Å². The lowest BCUT2D eigenvalue weighted by atomic mass is 10.1. The molecule has 1 unspecified atom stereocenters. The fourth-order valence-corrected chi connectivity index (χ4v) is 3.86. The van der Waals surface area contributed by atoms with E-state index in [9.17, 15) is 14.4 Å². The zero-order valence-electron chi connectivity index (χ0n) is 17.2. The second-order valence-electron chi connectivity index (χ2n) is 7.88. The average molecular weight is 472 g/mol. The van der Waals surface area contributed by atoms with E-state index in [-0.39, 0.29) is 23.6 Å². The molecule has 0 saturated carbocycles. The van der Waals surface area contributed by atoms with Gasteiger partial charge in [-0.3, -0.25) is 14.4 Å². The van der Waals surface area contributed by atoms with Crippen LogP contribution in [0.2, 0.25) is 0 Å². The highest BCUT2D eigenvalue weighted by molar-refractivity contribution is 9.10. The second-order valence-corrected chi connectivity index (χ2v) is 8.79. The van der Waals surface area contributed by atoms with Gasteiger partial charge in [0.2, 0.25) is 17.7 Å². The van der Waals surface area contributed by atoms with E-state index >= 15 is 0 Å². The molecule has 0 bridgehead atoms. The van der Waals surface area contributed by atoms with Crippen LogP contribution in [-0.4, -0.2) is 24.3 Å². The van der Waals surface area contributed by atoms with Crippen molar-refractivity contribution in [2.24, 2.45) is 11.8 Å². The van der Waals surface area contributed by atoms with E-state index in [1.807, 2.05) is 62.4 Å². The molecule has 6 nitrogen and oxygen atoms in total. The number of amides is 3. The van der Waals surface area contributed by atoms with Crippen LogP contribution in [0.3, 0.4) is 0 Å². The summed E-state index contributed by atoms with van der Waals surface area (Å²) in [6, 6.07) is 14.9. The highest BCUT2D eigenvalue weighted by Gasteiger charge is 2.37. The van der Waals surface area contributed by atoms with Gasteiger partial charge in [-0.25, -0.2) is 0 Å². The Hall–Kier alpha value is -2.67. The molecule has 3 amide bonds. The molecule has 158 valence electrons. The fourth-order valence-electron chi connectivity index (χ4n) is 3.48. The number of hydrogen-bond acceptors (Lipinski definition) is 3. The van der Waals surface area contributed by atoms with E-state index in [0.717, 1.165) is 15.7 Å². The second kappa shape index (κ2) is 9.89. The quantitative estimate of drug-likeness (QED) is 0.596. The number of carbonyl (C=O) groups is 3. The molecule has 1 heterocycles. The number of benzene rings is 2. The first-order valence-electron chi connectivity index (χ1n) is 10.1. The van der Waals surface area contributed by atoms with E-state index in [0.29, 0.717) is 31.6 Å². The summed E-state index contributed by atoms with van der Waals surface area (Å²) in [5, 5.41) is 5.73. The molecule has 0 aliphatic carbocycles. The van der Waals surface area contributed by atoms with Gasteiger partial charge in [0.1, 0.15) is 5.92 Å². The normalized spacial score (nSPS) is 16.1. The molecule has 0 radical (unpaired) electrons. The minimum Gasteiger partial charge on any atom is -0.351 e. The first-order chi connectivity index (χ1) is 14.3. The van der Waals surface area contributed by atoms with Gasteiger partial charge in [-0.2, -0.15) is 0 Å². The zero-order chi connectivity index (χ0) is 21.7. The molecule has 3 rings (SSSR count). The van der Waals surface area contributed by atoms with Gasteiger partial charge in [-0.05, 0) is 48.2 Å². The summed E-state index contributed by atoms with van der Waals surface area (Å²) in [5.74, 6) is -0.881. The molecule has 2 aromatic carbocycles. The number of anilines is 2. The van der Waals surface area contributed by atoms with Gasteiger partial charge in [0.05, 0.1) is 0 Å². The highest BCUT2D eigenvalue weighted by Crippen LogP contribution is 2.27. The molecule has 1 saturated heterocycles. The van der Waals surface area contributed by atoms with Crippen molar-refractivity contribution < 1.29 is 14.4 Å². The summed E-state index contributed by atoms with van der Waals surface area (Å²) in [5.41, 5.74) is 2.35. The third-order valence-electron chi connectivity index (χ3n) is 4.91. The summed E-state index contributed by atoms with van der Waals surface area (Å²) in [7, 11) is 0. The minimum absolute atomic E-state index is 0.0321. The van der Waals surface area contributed by atoms with Crippen LogP contribution in [0, 0.1) is 11.8 Å². The number of halogens is 1. The van der Waals surface area contributed by atoms with Gasteiger partial charge in [-0.1, -0.05) is 48.0 Å². The lowest BCUT2D eigenvalue weighted by Gasteiger charge is -2.17. The first-order valence-corrected chi connectivity index (χ1v) is 10.9. The van der Waals surface area contributed by atoms with Crippen molar-refractivity contribution in [1.29, 1.82) is 0 Å². The van der Waals surface area contributed by atoms with E-state index in [1.165, 1.54) is 0 Å². The molecule has 1 aliphatic heterocycles. The van der Waals surface area contributed by atoms with Gasteiger partial charge >= 0.3 is 0 Å². The standard InChI is InChI=1S/C23H26BrN3O3/c1-15(2)11-21(28)26-18-7-3-5-16(12-18)14-25-22(29)20-9-10-27(23(20)30)19-8-4-6-17(24)13-19/h3-8,12-13,15,20H,9-11,14H2,1-2H3,(H,25,29)(H,26,28). The number of nitrogens with zero attached hydrogens (tertiary/aromatic N) is 1. The van der Waals surface area contributed by atoms with E-state index in [2.05, 4.69) is 26.6 Å². The summed E-state index contributed by atoms with van der Waals surface area (Å²) >= 11 is 3.41. The minimum atomic E-state index is -0.682. The number of nitrogens with one attached hydrogen (secondary N) is 2. The van der Waals surface area contributed by atoms with Crippen molar-refractivity contribution in [1.82, 2.24) is 5.32 Å². The van der Waals surface area contributed by atoms with Crippen LogP contribution in [0.1, 0.15) is 32.3 Å². The van der Waals surface area contributed by atoms with Crippen LogP contribution in [-0.2, 0) is 20.9 Å². The Labute approximate surface area is 185 Å². The molecule has 1 atom stereocenters. The maximum atomic E-state index is 12.7. The van der Waals surface area contributed by atoms with Crippen molar-refractivity contribution in [3.05, 3.63) is 58.6 Å². The molecule has 30 heavy (non-hydrogen) atoms. The Morgan fingerprint density at radius 1 is 1.17 bits per heavy atom.